The van der Waals surface area contributed by atoms with Crippen LogP contribution >= 0.6 is 0 Å². The first kappa shape index (κ1) is 22.2. The lowest BCUT2D eigenvalue weighted by Gasteiger charge is -2.40. The molecule has 0 bridgehead atoms. The molecule has 2 fully saturated rings. The third-order valence-electron chi connectivity index (χ3n) is 6.66. The smallest absolute Gasteiger partial charge is 0.258 e. The Morgan fingerprint density at radius 3 is 2.61 bits per heavy atom. The fraction of sp³-hybridized carbons (Fsp3) is 0.500. The van der Waals surface area contributed by atoms with Gasteiger partial charge in [0.15, 0.2) is 5.82 Å². The minimum absolute atomic E-state index is 0.0437. The molecule has 3 heterocycles. The molecule has 8 nitrogen and oxygen atoms in total. The van der Waals surface area contributed by atoms with Crippen LogP contribution in [0.5, 0.6) is 0 Å². The highest BCUT2D eigenvalue weighted by Gasteiger charge is 2.35. The molecule has 3 aliphatic rings. The molecule has 5 rings (SSSR count). The van der Waals surface area contributed by atoms with Crippen molar-refractivity contribution in [2.45, 2.75) is 57.5 Å². The molecule has 1 aromatic carbocycles. The normalized spacial score (nSPS) is 22.1. The fourth-order valence-corrected chi connectivity index (χ4v) is 6.49. The Bertz CT molecular complexity index is 1140. The van der Waals surface area contributed by atoms with Crippen molar-refractivity contribution >= 4 is 39.2 Å². The lowest BCUT2D eigenvalue weighted by atomic mass is 9.95. The van der Waals surface area contributed by atoms with Crippen molar-refractivity contribution in [2.24, 2.45) is 0 Å². The Morgan fingerprint density at radius 1 is 1.12 bits per heavy atom. The number of piperazine rings is 1. The largest absolute Gasteiger partial charge is 0.368 e. The van der Waals surface area contributed by atoms with Gasteiger partial charge in [-0.15, -0.1) is 0 Å². The Labute approximate surface area is 196 Å². The van der Waals surface area contributed by atoms with Crippen LogP contribution in [0.4, 0.5) is 23.1 Å². The van der Waals surface area contributed by atoms with Crippen molar-refractivity contribution in [3.05, 3.63) is 41.4 Å². The Hall–Kier alpha value is -2.65. The fourth-order valence-electron chi connectivity index (χ4n) is 5.02. The van der Waals surface area contributed by atoms with Gasteiger partial charge in [-0.3, -0.25) is 0 Å². The number of nitrogens with one attached hydrogen (secondary N) is 2. The zero-order valence-corrected chi connectivity index (χ0v) is 20.1. The second-order valence-corrected chi connectivity index (χ2v) is 11.5. The van der Waals surface area contributed by atoms with Crippen LogP contribution in [0.2, 0.25) is 0 Å². The minimum atomic E-state index is -3.53. The van der Waals surface area contributed by atoms with Crippen LogP contribution in [0.1, 0.15) is 51.5 Å². The summed E-state index contributed by atoms with van der Waals surface area (Å²) in [6.07, 6.45) is 8.27. The van der Waals surface area contributed by atoms with Crippen LogP contribution in [0.25, 0.3) is 6.08 Å². The number of benzene rings is 1. The Morgan fingerprint density at radius 2 is 1.88 bits per heavy atom. The molecule has 0 atom stereocenters. The van der Waals surface area contributed by atoms with Gasteiger partial charge in [-0.1, -0.05) is 19.3 Å². The topological polar surface area (TPSA) is 90.5 Å². The molecule has 9 heteroatoms. The van der Waals surface area contributed by atoms with Crippen molar-refractivity contribution in [1.29, 1.82) is 0 Å². The number of aromatic nitrogens is 2. The highest BCUT2D eigenvalue weighted by Crippen LogP contribution is 2.35. The molecule has 1 saturated heterocycles. The van der Waals surface area contributed by atoms with Crippen LogP contribution in [0, 0.1) is 0 Å². The molecule has 0 radical (unpaired) electrons. The van der Waals surface area contributed by atoms with E-state index in [4.69, 9.17) is 0 Å². The van der Waals surface area contributed by atoms with Gasteiger partial charge in [-0.05, 0) is 57.0 Å². The number of sulfonamides is 1. The van der Waals surface area contributed by atoms with Gasteiger partial charge in [0, 0.05) is 54.4 Å². The van der Waals surface area contributed by atoms with Gasteiger partial charge in [0.2, 0.25) is 5.95 Å². The number of rotatable bonds is 4. The first-order valence-corrected chi connectivity index (χ1v) is 13.3. The van der Waals surface area contributed by atoms with Crippen LogP contribution in [-0.2, 0) is 10.0 Å². The second-order valence-electron chi connectivity index (χ2n) is 9.81. The summed E-state index contributed by atoms with van der Waals surface area (Å²) in [6.45, 7) is 7.32. The molecular weight excluding hydrogens is 436 g/mol. The molecule has 176 valence electrons. The van der Waals surface area contributed by atoms with Crippen molar-refractivity contribution < 1.29 is 8.42 Å². The zero-order chi connectivity index (χ0) is 23.1. The summed E-state index contributed by atoms with van der Waals surface area (Å²) in [5, 5.41) is 8.06. The van der Waals surface area contributed by atoms with Crippen molar-refractivity contribution in [3.8, 4) is 0 Å². The maximum atomic E-state index is 12.9. The van der Waals surface area contributed by atoms with E-state index in [9.17, 15) is 8.42 Å². The molecule has 2 aromatic rings. The first-order chi connectivity index (χ1) is 15.8. The molecular formula is C24H32N6O2S. The Kier molecular flexibility index (Phi) is 5.78. The SMILES string of the molecule is CC1(C)CN(c2ccc(Nc3ncc4c(n3)N(C3CCCCC3)S(=O)(=O)C=C4)cc2)CCN1. The van der Waals surface area contributed by atoms with E-state index < -0.39 is 10.0 Å². The van der Waals surface area contributed by atoms with E-state index in [2.05, 4.69) is 51.5 Å². The summed E-state index contributed by atoms with van der Waals surface area (Å²) in [6, 6.07) is 8.19. The van der Waals surface area contributed by atoms with Crippen LogP contribution in [0.3, 0.4) is 0 Å². The molecule has 1 aliphatic carbocycles. The van der Waals surface area contributed by atoms with E-state index in [0.717, 1.165) is 63.0 Å². The maximum Gasteiger partial charge on any atom is 0.258 e. The van der Waals surface area contributed by atoms with Gasteiger partial charge in [-0.25, -0.2) is 17.7 Å². The molecule has 1 aromatic heterocycles. The van der Waals surface area contributed by atoms with E-state index in [1.54, 1.807) is 12.3 Å². The van der Waals surface area contributed by atoms with Crippen molar-refractivity contribution in [3.63, 3.8) is 0 Å². The van der Waals surface area contributed by atoms with Crippen LogP contribution in [-0.4, -0.2) is 49.6 Å². The molecule has 0 spiro atoms. The highest BCUT2D eigenvalue weighted by atomic mass is 32.2. The Balaban J connectivity index is 1.37. The summed E-state index contributed by atoms with van der Waals surface area (Å²) in [7, 11) is -3.53. The third kappa shape index (κ3) is 4.70. The summed E-state index contributed by atoms with van der Waals surface area (Å²) >= 11 is 0. The predicted octanol–water partition coefficient (Wildman–Crippen LogP) is 3.86. The quantitative estimate of drug-likeness (QED) is 0.704. The van der Waals surface area contributed by atoms with Crippen LogP contribution < -0.4 is 19.8 Å². The molecule has 2 N–H and O–H groups in total. The maximum absolute atomic E-state index is 12.9. The lowest BCUT2D eigenvalue weighted by molar-refractivity contribution is 0.353. The second kappa shape index (κ2) is 8.61. The molecule has 0 unspecified atom stereocenters. The van der Waals surface area contributed by atoms with Gasteiger partial charge in [0.05, 0.1) is 5.41 Å². The minimum Gasteiger partial charge on any atom is -0.368 e. The predicted molar refractivity (Wildman–Crippen MR) is 133 cm³/mol. The van der Waals surface area contributed by atoms with E-state index in [-0.39, 0.29) is 11.6 Å². The summed E-state index contributed by atoms with van der Waals surface area (Å²) < 4.78 is 27.3. The first-order valence-electron chi connectivity index (χ1n) is 11.8. The molecule has 1 saturated carbocycles. The molecule has 0 amide bonds. The van der Waals surface area contributed by atoms with Gasteiger partial charge in [-0.2, -0.15) is 4.98 Å². The van der Waals surface area contributed by atoms with Gasteiger partial charge < -0.3 is 15.5 Å². The highest BCUT2D eigenvalue weighted by molar-refractivity contribution is 7.95. The van der Waals surface area contributed by atoms with Crippen molar-refractivity contribution in [2.75, 3.05) is 34.2 Å². The average Bonchev–Trinajstić information content (AvgIpc) is 2.79. The molecule has 2 aliphatic heterocycles. The number of hydrogen-bond acceptors (Lipinski definition) is 7. The summed E-state index contributed by atoms with van der Waals surface area (Å²) in [4.78, 5) is 11.5. The zero-order valence-electron chi connectivity index (χ0n) is 19.3. The number of nitrogens with zero attached hydrogens (tertiary/aromatic N) is 4. The standard InChI is InChI=1S/C24H32N6O2S/c1-24(2)17-29(14-13-26-24)20-10-8-19(9-11-20)27-23-25-16-18-12-15-33(31,32)30(22(18)28-23)21-6-4-3-5-7-21/h8-12,15-16,21,26H,3-7,13-14,17H2,1-2H3,(H,25,27,28). The summed E-state index contributed by atoms with van der Waals surface area (Å²) in [5.41, 5.74) is 2.87. The number of anilines is 4. The summed E-state index contributed by atoms with van der Waals surface area (Å²) in [5.74, 6) is 0.873. The van der Waals surface area contributed by atoms with E-state index in [1.807, 2.05) is 12.1 Å². The number of hydrogen-bond donors (Lipinski definition) is 2. The number of fused-ring (bicyclic) bond motifs is 1. The van der Waals surface area contributed by atoms with E-state index in [1.165, 1.54) is 15.4 Å². The monoisotopic (exact) mass is 468 g/mol. The van der Waals surface area contributed by atoms with Gasteiger partial charge in [0.25, 0.3) is 10.0 Å². The van der Waals surface area contributed by atoms with Gasteiger partial charge in [0.1, 0.15) is 0 Å². The van der Waals surface area contributed by atoms with Crippen molar-refractivity contribution in [1.82, 2.24) is 15.3 Å². The lowest BCUT2D eigenvalue weighted by Crippen LogP contribution is -2.57. The van der Waals surface area contributed by atoms with E-state index in [0.29, 0.717) is 11.8 Å². The average molecular weight is 469 g/mol. The van der Waals surface area contributed by atoms with E-state index >= 15 is 0 Å². The van der Waals surface area contributed by atoms with Gasteiger partial charge >= 0.3 is 0 Å². The third-order valence-corrected chi connectivity index (χ3v) is 8.16. The molecule has 33 heavy (non-hydrogen) atoms. The van der Waals surface area contributed by atoms with Crippen LogP contribution in [0.15, 0.2) is 35.9 Å².